The lowest BCUT2D eigenvalue weighted by Gasteiger charge is -2.47. The highest BCUT2D eigenvalue weighted by Crippen LogP contribution is 2.33. The molecule has 1 fully saturated rings. The van der Waals surface area contributed by atoms with Gasteiger partial charge in [0.1, 0.15) is 23.9 Å². The smallest absolute Gasteiger partial charge is 0.186 e. The van der Waals surface area contributed by atoms with Crippen molar-refractivity contribution >= 4 is 9.84 Å². The van der Waals surface area contributed by atoms with Gasteiger partial charge in [0.05, 0.1) is 17.3 Å². The lowest BCUT2D eigenvalue weighted by molar-refractivity contribution is -0.327. The van der Waals surface area contributed by atoms with Gasteiger partial charge in [0.2, 0.25) is 0 Å². The Morgan fingerprint density at radius 1 is 1.21 bits per heavy atom. The molecular weight excluding hydrogens is 340 g/mol. The van der Waals surface area contributed by atoms with Gasteiger partial charge in [-0.05, 0) is 18.6 Å². The van der Waals surface area contributed by atoms with Crippen LogP contribution in [-0.4, -0.2) is 78.5 Å². The largest absolute Gasteiger partial charge is 0.394 e. The molecule has 0 amide bonds. The van der Waals surface area contributed by atoms with Crippen molar-refractivity contribution in [3.8, 4) is 0 Å². The van der Waals surface area contributed by atoms with E-state index in [1.165, 1.54) is 19.2 Å². The van der Waals surface area contributed by atoms with E-state index in [-0.39, 0.29) is 4.90 Å². The quantitative estimate of drug-likeness (QED) is 0.489. The summed E-state index contributed by atoms with van der Waals surface area (Å²) in [6, 6.07) is 7.66. The highest BCUT2D eigenvalue weighted by Gasteiger charge is 2.55. The normalized spacial score (nSPS) is 34.2. The monoisotopic (exact) mass is 362 g/mol. The Morgan fingerprint density at radius 2 is 1.83 bits per heavy atom. The molecule has 136 valence electrons. The van der Waals surface area contributed by atoms with Crippen molar-refractivity contribution in [1.29, 1.82) is 0 Å². The van der Waals surface area contributed by atoms with Crippen LogP contribution in [-0.2, 0) is 19.3 Å². The van der Waals surface area contributed by atoms with Gasteiger partial charge in [-0.1, -0.05) is 18.2 Å². The topological polar surface area (TPSA) is 134 Å². The SMILES string of the molecule is CO[C@H]1O[C@H](CO)[C@@H](O)[C@](O)(CCS(=O)(=O)c2ccccc2)[C@H]1O. The number of hydrogen-bond acceptors (Lipinski definition) is 8. The molecule has 4 N–H and O–H groups in total. The molecule has 1 saturated heterocycles. The zero-order chi connectivity index (χ0) is 18.0. The molecular formula is C15H22O8S. The second kappa shape index (κ2) is 7.44. The summed E-state index contributed by atoms with van der Waals surface area (Å²) in [6.07, 6.45) is -6.30. The Bertz CT molecular complexity index is 616. The first kappa shape index (κ1) is 19.3. The van der Waals surface area contributed by atoms with Gasteiger partial charge in [-0.25, -0.2) is 8.42 Å². The molecule has 0 bridgehead atoms. The predicted molar refractivity (Wildman–Crippen MR) is 82.8 cm³/mol. The third-order valence-corrected chi connectivity index (χ3v) is 5.96. The van der Waals surface area contributed by atoms with E-state index < -0.39 is 58.8 Å². The Labute approximate surface area is 140 Å². The highest BCUT2D eigenvalue weighted by atomic mass is 32.2. The number of ether oxygens (including phenoxy) is 2. The summed E-state index contributed by atoms with van der Waals surface area (Å²) >= 11 is 0. The zero-order valence-corrected chi connectivity index (χ0v) is 14.0. The first-order valence-electron chi connectivity index (χ1n) is 7.41. The summed E-state index contributed by atoms with van der Waals surface area (Å²) in [5, 5.41) is 40.3. The van der Waals surface area contributed by atoms with E-state index in [9.17, 15) is 28.8 Å². The molecule has 1 aliphatic heterocycles. The Morgan fingerprint density at radius 3 is 2.38 bits per heavy atom. The second-order valence-electron chi connectivity index (χ2n) is 5.72. The Kier molecular flexibility index (Phi) is 5.97. The summed E-state index contributed by atoms with van der Waals surface area (Å²) in [4.78, 5) is 0.0756. The van der Waals surface area contributed by atoms with Gasteiger partial charge in [0.15, 0.2) is 16.1 Å². The van der Waals surface area contributed by atoms with Crippen LogP contribution in [0.1, 0.15) is 6.42 Å². The van der Waals surface area contributed by atoms with Crippen LogP contribution in [0.2, 0.25) is 0 Å². The summed E-state index contributed by atoms with van der Waals surface area (Å²) in [7, 11) is -2.50. The van der Waals surface area contributed by atoms with E-state index >= 15 is 0 Å². The van der Waals surface area contributed by atoms with Crippen molar-refractivity contribution in [3.05, 3.63) is 30.3 Å². The molecule has 1 aromatic rings. The van der Waals surface area contributed by atoms with Gasteiger partial charge in [-0.3, -0.25) is 0 Å². The van der Waals surface area contributed by atoms with E-state index in [4.69, 9.17) is 9.47 Å². The van der Waals surface area contributed by atoms with E-state index in [1.807, 2.05) is 0 Å². The van der Waals surface area contributed by atoms with Crippen molar-refractivity contribution in [1.82, 2.24) is 0 Å². The van der Waals surface area contributed by atoms with E-state index in [2.05, 4.69) is 0 Å². The maximum Gasteiger partial charge on any atom is 0.186 e. The molecule has 1 aliphatic rings. The van der Waals surface area contributed by atoms with Crippen molar-refractivity contribution in [2.24, 2.45) is 0 Å². The molecule has 0 aliphatic carbocycles. The van der Waals surface area contributed by atoms with Crippen LogP contribution in [0, 0.1) is 0 Å². The third kappa shape index (κ3) is 3.62. The second-order valence-corrected chi connectivity index (χ2v) is 7.83. The van der Waals surface area contributed by atoms with Crippen molar-refractivity contribution in [3.63, 3.8) is 0 Å². The fourth-order valence-electron chi connectivity index (χ4n) is 2.72. The van der Waals surface area contributed by atoms with Crippen LogP contribution >= 0.6 is 0 Å². The molecule has 0 saturated carbocycles. The Hall–Kier alpha value is -1.07. The van der Waals surface area contributed by atoms with Crippen LogP contribution in [0.3, 0.4) is 0 Å². The van der Waals surface area contributed by atoms with E-state index in [0.717, 1.165) is 0 Å². The van der Waals surface area contributed by atoms with Crippen LogP contribution in [0.5, 0.6) is 0 Å². The third-order valence-electron chi connectivity index (χ3n) is 4.23. The average Bonchev–Trinajstić information content (AvgIpc) is 2.59. The highest BCUT2D eigenvalue weighted by molar-refractivity contribution is 7.91. The molecule has 1 heterocycles. The summed E-state index contributed by atoms with van der Waals surface area (Å²) in [5.74, 6) is -0.504. The number of hydrogen-bond donors (Lipinski definition) is 4. The number of sulfone groups is 1. The minimum Gasteiger partial charge on any atom is -0.394 e. The van der Waals surface area contributed by atoms with Crippen molar-refractivity contribution < 1.29 is 38.3 Å². The lowest BCUT2D eigenvalue weighted by Crippen LogP contribution is -2.67. The summed E-state index contributed by atoms with van der Waals surface area (Å²) in [6.45, 7) is -0.624. The fraction of sp³-hybridized carbons (Fsp3) is 0.600. The minimum absolute atomic E-state index is 0.0756. The lowest BCUT2D eigenvalue weighted by atomic mass is 9.82. The number of benzene rings is 1. The zero-order valence-electron chi connectivity index (χ0n) is 13.1. The van der Waals surface area contributed by atoms with Gasteiger partial charge in [0, 0.05) is 7.11 Å². The molecule has 24 heavy (non-hydrogen) atoms. The van der Waals surface area contributed by atoms with Crippen LogP contribution in [0.15, 0.2) is 35.2 Å². The molecule has 0 spiro atoms. The molecule has 0 radical (unpaired) electrons. The maximum atomic E-state index is 12.3. The van der Waals surface area contributed by atoms with Gasteiger partial charge in [0.25, 0.3) is 0 Å². The number of rotatable bonds is 6. The molecule has 8 nitrogen and oxygen atoms in total. The number of aliphatic hydroxyl groups is 4. The van der Waals surface area contributed by atoms with Gasteiger partial charge in [-0.2, -0.15) is 0 Å². The predicted octanol–water partition coefficient (Wildman–Crippen LogP) is -1.33. The summed E-state index contributed by atoms with van der Waals surface area (Å²) in [5.41, 5.74) is -2.20. The molecule has 0 unspecified atom stereocenters. The first-order valence-corrected chi connectivity index (χ1v) is 9.07. The molecule has 5 atom stereocenters. The minimum atomic E-state index is -3.72. The molecule has 0 aromatic heterocycles. The molecule has 1 aromatic carbocycles. The summed E-state index contributed by atoms with van der Waals surface area (Å²) < 4.78 is 34.7. The number of aliphatic hydroxyl groups excluding tert-OH is 3. The van der Waals surface area contributed by atoms with Crippen LogP contribution in [0.25, 0.3) is 0 Å². The molecule has 9 heteroatoms. The van der Waals surface area contributed by atoms with Crippen LogP contribution in [0.4, 0.5) is 0 Å². The van der Waals surface area contributed by atoms with Gasteiger partial charge < -0.3 is 29.9 Å². The van der Waals surface area contributed by atoms with E-state index in [1.54, 1.807) is 18.2 Å². The van der Waals surface area contributed by atoms with Crippen molar-refractivity contribution in [2.45, 2.75) is 41.5 Å². The maximum absolute atomic E-state index is 12.3. The number of methoxy groups -OCH3 is 1. The van der Waals surface area contributed by atoms with Gasteiger partial charge >= 0.3 is 0 Å². The van der Waals surface area contributed by atoms with Gasteiger partial charge in [-0.15, -0.1) is 0 Å². The molecule has 2 rings (SSSR count). The van der Waals surface area contributed by atoms with Crippen LogP contribution < -0.4 is 0 Å². The first-order chi connectivity index (χ1) is 11.3. The fourth-order valence-corrected chi connectivity index (χ4v) is 4.12. The standard InChI is InChI=1S/C15H22O8S/c1-22-14-13(18)15(19,12(17)11(9-16)23-14)7-8-24(20,21)10-5-3-2-4-6-10/h2-6,11-14,16-19H,7-9H2,1H3/t11-,12-,13+,14+,15-/m1/s1. The van der Waals surface area contributed by atoms with E-state index in [0.29, 0.717) is 0 Å². The Balaban J connectivity index is 2.21. The average molecular weight is 362 g/mol. The van der Waals surface area contributed by atoms with Crippen molar-refractivity contribution in [2.75, 3.05) is 19.5 Å².